The Morgan fingerprint density at radius 1 is 1.22 bits per heavy atom. The molecule has 7 nitrogen and oxygen atoms in total. The van der Waals surface area contributed by atoms with E-state index in [0.29, 0.717) is 25.9 Å². The SMILES string of the molecule is C[C@H]1C[C@H]2[C@@H]3CCC4=Cc5c(cnn5CCBr)C[C@]4(C)[C@@]3(F)[C@@H](O)C[C@]2(C)[C@]12OCOC21COCO1. The van der Waals surface area contributed by atoms with Gasteiger partial charge in [0.1, 0.15) is 17.9 Å². The van der Waals surface area contributed by atoms with Crippen LogP contribution >= 0.6 is 15.9 Å². The van der Waals surface area contributed by atoms with Crippen LogP contribution < -0.4 is 0 Å². The van der Waals surface area contributed by atoms with Gasteiger partial charge in [-0.2, -0.15) is 5.10 Å². The molecule has 2 saturated heterocycles. The van der Waals surface area contributed by atoms with Gasteiger partial charge in [0.25, 0.3) is 0 Å². The third-order valence-electron chi connectivity index (χ3n) is 11.3. The number of halogens is 2. The van der Waals surface area contributed by atoms with Gasteiger partial charge >= 0.3 is 0 Å². The van der Waals surface area contributed by atoms with Gasteiger partial charge < -0.3 is 24.1 Å². The number of aromatic nitrogens is 2. The minimum atomic E-state index is -1.73. The van der Waals surface area contributed by atoms with Gasteiger partial charge in [-0.1, -0.05) is 42.3 Å². The number of aryl methyl sites for hydroxylation is 1. The number of aliphatic hydroxyl groups is 1. The Kier molecular flexibility index (Phi) is 5.13. The van der Waals surface area contributed by atoms with Crippen molar-refractivity contribution in [1.29, 1.82) is 0 Å². The second-order valence-electron chi connectivity index (χ2n) is 12.4. The van der Waals surface area contributed by atoms with Crippen molar-refractivity contribution in [2.75, 3.05) is 25.5 Å². The first kappa shape index (κ1) is 24.2. The summed E-state index contributed by atoms with van der Waals surface area (Å²) in [5.41, 5.74) is -0.530. The largest absolute Gasteiger partial charge is 0.390 e. The van der Waals surface area contributed by atoms with Crippen molar-refractivity contribution in [2.24, 2.45) is 28.6 Å². The minimum Gasteiger partial charge on any atom is -0.390 e. The van der Waals surface area contributed by atoms with Crippen molar-refractivity contribution in [1.82, 2.24) is 9.78 Å². The molecular weight excluding hydrogens is 531 g/mol. The van der Waals surface area contributed by atoms with Gasteiger partial charge in [-0.05, 0) is 55.6 Å². The van der Waals surface area contributed by atoms with Gasteiger partial charge in [0, 0.05) is 22.1 Å². The maximum atomic E-state index is 17.9. The molecule has 5 fully saturated rings. The van der Waals surface area contributed by atoms with Crippen molar-refractivity contribution in [3.8, 4) is 0 Å². The van der Waals surface area contributed by atoms with E-state index >= 15 is 4.39 Å². The molecule has 198 valence electrons. The lowest BCUT2D eigenvalue weighted by Gasteiger charge is -2.64. The highest BCUT2D eigenvalue weighted by atomic mass is 79.9. The van der Waals surface area contributed by atoms with E-state index in [9.17, 15) is 5.11 Å². The van der Waals surface area contributed by atoms with Crippen molar-refractivity contribution in [2.45, 2.75) is 82.6 Å². The molecule has 0 radical (unpaired) electrons. The molecule has 6 aliphatic rings. The van der Waals surface area contributed by atoms with Crippen LogP contribution in [0.2, 0.25) is 0 Å². The van der Waals surface area contributed by atoms with E-state index in [1.54, 1.807) is 0 Å². The molecule has 1 N–H and O–H groups in total. The summed E-state index contributed by atoms with van der Waals surface area (Å²) in [5, 5.41) is 17.3. The van der Waals surface area contributed by atoms with Crippen LogP contribution in [0.3, 0.4) is 0 Å². The third kappa shape index (κ3) is 2.54. The number of hydrogen-bond acceptors (Lipinski definition) is 6. The maximum Gasteiger partial charge on any atom is 0.227 e. The van der Waals surface area contributed by atoms with Crippen LogP contribution in [0.4, 0.5) is 4.39 Å². The highest BCUT2D eigenvalue weighted by Crippen LogP contribution is 2.74. The molecule has 1 aromatic rings. The number of ether oxygens (including phenoxy) is 4. The molecule has 2 aliphatic heterocycles. The smallest absolute Gasteiger partial charge is 0.227 e. The second-order valence-corrected chi connectivity index (χ2v) is 13.2. The first-order valence-electron chi connectivity index (χ1n) is 13.4. The van der Waals surface area contributed by atoms with Gasteiger partial charge in [0.2, 0.25) is 5.79 Å². The first-order chi connectivity index (χ1) is 17.2. The van der Waals surface area contributed by atoms with E-state index in [1.165, 1.54) is 0 Å². The van der Waals surface area contributed by atoms with Gasteiger partial charge in [-0.3, -0.25) is 4.68 Å². The third-order valence-corrected chi connectivity index (χ3v) is 11.7. The Hall–Kier alpha value is -0.840. The summed E-state index contributed by atoms with van der Waals surface area (Å²) in [5.74, 6) is -1.16. The van der Waals surface area contributed by atoms with E-state index < -0.39 is 34.0 Å². The Balaban J connectivity index is 1.31. The summed E-state index contributed by atoms with van der Waals surface area (Å²) in [7, 11) is 0. The second kappa shape index (κ2) is 7.63. The molecule has 0 aromatic carbocycles. The fraction of sp³-hybridized carbons (Fsp3) is 0.815. The number of alkyl halides is 2. The van der Waals surface area contributed by atoms with E-state index in [4.69, 9.17) is 18.9 Å². The molecule has 0 amide bonds. The van der Waals surface area contributed by atoms with E-state index in [0.717, 1.165) is 41.5 Å². The van der Waals surface area contributed by atoms with Crippen molar-refractivity contribution in [3.63, 3.8) is 0 Å². The van der Waals surface area contributed by atoms with Gasteiger partial charge in [-0.25, -0.2) is 4.39 Å². The van der Waals surface area contributed by atoms with Gasteiger partial charge in [0.05, 0.1) is 24.5 Å². The first-order valence-corrected chi connectivity index (χ1v) is 14.5. The average molecular weight is 567 g/mol. The highest BCUT2D eigenvalue weighted by molar-refractivity contribution is 9.09. The topological polar surface area (TPSA) is 75.0 Å². The average Bonchev–Trinajstić information content (AvgIpc) is 3.60. The number of aliphatic hydroxyl groups excluding tert-OH is 1. The zero-order chi connectivity index (χ0) is 25.1. The summed E-state index contributed by atoms with van der Waals surface area (Å²) in [6.07, 6.45) is 6.16. The fourth-order valence-electron chi connectivity index (χ4n) is 9.89. The van der Waals surface area contributed by atoms with Crippen LogP contribution in [0, 0.1) is 28.6 Å². The van der Waals surface area contributed by atoms with Crippen LogP contribution in [-0.4, -0.2) is 63.6 Å². The monoisotopic (exact) mass is 566 g/mol. The number of fused-ring (bicyclic) bond motifs is 8. The standard InChI is InChI=1S/C27H36BrFN2O5/c1-16-8-20-19-5-4-18-9-21-17(12-30-31(21)7-6-28)10-23(18,2)26(19,29)22(32)11-24(20,3)27(16)25(35-15-36-27)13-33-14-34-25/h9,12,16,19-20,22,32H,4-8,10-11,13-15H2,1-3H3/t16-,19-,20-,22-,23-,24-,25?,26-,27+/m0/s1. The minimum absolute atomic E-state index is 0.0413. The molecule has 9 heteroatoms. The number of nitrogens with zero attached hydrogens (tertiary/aromatic N) is 2. The molecular formula is C27H36BrFN2O5. The zero-order valence-corrected chi connectivity index (χ0v) is 22.9. The lowest BCUT2D eigenvalue weighted by Crippen LogP contribution is -2.72. The van der Waals surface area contributed by atoms with E-state index in [2.05, 4.69) is 41.0 Å². The quantitative estimate of drug-likeness (QED) is 0.540. The van der Waals surface area contributed by atoms with E-state index in [-0.39, 0.29) is 31.3 Å². The molecule has 3 saturated carbocycles. The number of allylic oxidation sites excluding steroid dienone is 1. The summed E-state index contributed by atoms with van der Waals surface area (Å²) in [6.45, 7) is 7.76. The summed E-state index contributed by atoms with van der Waals surface area (Å²) >= 11 is 3.51. The fourth-order valence-corrected chi connectivity index (χ4v) is 10.2. The van der Waals surface area contributed by atoms with Crippen molar-refractivity contribution >= 4 is 22.0 Å². The van der Waals surface area contributed by atoms with Crippen molar-refractivity contribution in [3.05, 3.63) is 23.0 Å². The molecule has 2 spiro atoms. The predicted molar refractivity (Wildman–Crippen MR) is 133 cm³/mol. The predicted octanol–water partition coefficient (Wildman–Crippen LogP) is 4.21. The molecule has 9 atom stereocenters. The Bertz CT molecular complexity index is 1120. The van der Waals surface area contributed by atoms with Crippen LogP contribution in [0.15, 0.2) is 11.8 Å². The Morgan fingerprint density at radius 2 is 2.03 bits per heavy atom. The van der Waals surface area contributed by atoms with Crippen LogP contribution in [0.25, 0.3) is 6.08 Å². The number of hydrogen-bond donors (Lipinski definition) is 1. The van der Waals surface area contributed by atoms with Gasteiger partial charge in [-0.15, -0.1) is 0 Å². The molecule has 0 bridgehead atoms. The highest BCUT2D eigenvalue weighted by Gasteiger charge is 2.81. The summed E-state index contributed by atoms with van der Waals surface area (Å²) in [6, 6.07) is 0. The molecule has 7 rings (SSSR count). The van der Waals surface area contributed by atoms with Crippen LogP contribution in [-0.2, 0) is 31.9 Å². The maximum absolute atomic E-state index is 17.9. The van der Waals surface area contributed by atoms with Crippen molar-refractivity contribution < 1.29 is 28.4 Å². The Morgan fingerprint density at radius 3 is 2.78 bits per heavy atom. The normalized spacial score (nSPS) is 51.2. The molecule has 4 aliphatic carbocycles. The summed E-state index contributed by atoms with van der Waals surface area (Å²) < 4.78 is 44.3. The summed E-state index contributed by atoms with van der Waals surface area (Å²) in [4.78, 5) is 0. The zero-order valence-electron chi connectivity index (χ0n) is 21.3. The molecule has 1 aromatic heterocycles. The lowest BCUT2D eigenvalue weighted by molar-refractivity contribution is -0.279. The number of rotatable bonds is 2. The lowest BCUT2D eigenvalue weighted by atomic mass is 9.43. The molecule has 3 heterocycles. The van der Waals surface area contributed by atoms with Crippen LogP contribution in [0.1, 0.15) is 57.7 Å². The molecule has 36 heavy (non-hydrogen) atoms. The van der Waals surface area contributed by atoms with E-state index in [1.807, 2.05) is 17.8 Å². The van der Waals surface area contributed by atoms with Gasteiger partial charge in [0.15, 0.2) is 13.6 Å². The molecule has 1 unspecified atom stereocenters. The Labute approximate surface area is 219 Å². The van der Waals surface area contributed by atoms with Crippen LogP contribution in [0.5, 0.6) is 0 Å².